The molecule has 0 spiro atoms. The van der Waals surface area contributed by atoms with Crippen molar-refractivity contribution in [1.82, 2.24) is 4.57 Å². The van der Waals surface area contributed by atoms with Crippen LogP contribution in [0.5, 0.6) is 0 Å². The maximum absolute atomic E-state index is 2.60. The van der Waals surface area contributed by atoms with Crippen molar-refractivity contribution in [1.29, 1.82) is 0 Å². The van der Waals surface area contributed by atoms with Gasteiger partial charge in [-0.2, -0.15) is 0 Å². The van der Waals surface area contributed by atoms with E-state index in [4.69, 9.17) is 0 Å². The second kappa shape index (κ2) is 32.6. The van der Waals surface area contributed by atoms with E-state index in [1.54, 1.807) is 5.82 Å². The number of unbranched alkanes of at least 4 members (excludes halogenated alkanes) is 29. The molecule has 0 saturated carbocycles. The first kappa shape index (κ1) is 40.2. The molecule has 0 aromatic carbocycles. The van der Waals surface area contributed by atoms with E-state index in [1.165, 1.54) is 225 Å². The fourth-order valence-electron chi connectivity index (χ4n) is 6.83. The Labute approximate surface area is 272 Å². The Morgan fingerprint density at radius 3 is 1.09 bits per heavy atom. The maximum atomic E-state index is 2.60. The average molecular weight is 602 g/mol. The molecular formula is C41H81N2+. The summed E-state index contributed by atoms with van der Waals surface area (Å²) in [6, 6.07) is 0. The number of nitrogens with zero attached hydrogens (tertiary/aromatic N) is 2. The van der Waals surface area contributed by atoms with Crippen LogP contribution in [0.4, 0.5) is 0 Å². The largest absolute Gasteiger partial charge is 0.256 e. The summed E-state index contributed by atoms with van der Waals surface area (Å²) in [6.45, 7) is 9.40. The van der Waals surface area contributed by atoms with Crippen LogP contribution in [-0.2, 0) is 19.5 Å². The normalized spacial score (nSPS) is 11.6. The smallest absolute Gasteiger partial charge is 0.234 e. The monoisotopic (exact) mass is 602 g/mol. The summed E-state index contributed by atoms with van der Waals surface area (Å²) < 4.78 is 5.20. The third-order valence-electron chi connectivity index (χ3n) is 9.85. The van der Waals surface area contributed by atoms with Gasteiger partial charge in [-0.3, -0.25) is 0 Å². The topological polar surface area (TPSA) is 8.81 Å². The molecule has 1 rings (SSSR count). The van der Waals surface area contributed by atoms with Crippen LogP contribution in [0.15, 0.2) is 12.4 Å². The predicted molar refractivity (Wildman–Crippen MR) is 193 cm³/mol. The van der Waals surface area contributed by atoms with Crippen LogP contribution in [0.3, 0.4) is 0 Å². The number of imidazole rings is 1. The van der Waals surface area contributed by atoms with Gasteiger partial charge in [0, 0.05) is 6.42 Å². The molecule has 1 heterocycles. The van der Waals surface area contributed by atoms with Crippen molar-refractivity contribution in [3.05, 3.63) is 18.2 Å². The zero-order chi connectivity index (χ0) is 30.9. The molecule has 0 atom stereocenters. The highest BCUT2D eigenvalue weighted by molar-refractivity contribution is 4.84. The fraction of sp³-hybridized carbons (Fsp3) is 0.927. The van der Waals surface area contributed by atoms with Gasteiger partial charge in [0.25, 0.3) is 5.82 Å². The summed E-state index contributed by atoms with van der Waals surface area (Å²) in [7, 11) is 0. The number of aromatic nitrogens is 2. The van der Waals surface area contributed by atoms with Gasteiger partial charge in [0.1, 0.15) is 12.4 Å². The van der Waals surface area contributed by atoms with E-state index in [2.05, 4.69) is 42.3 Å². The van der Waals surface area contributed by atoms with Crippen LogP contribution < -0.4 is 4.57 Å². The Kier molecular flexibility index (Phi) is 30.5. The summed E-state index contributed by atoms with van der Waals surface area (Å²) in [6.07, 6.45) is 52.0. The molecule has 0 N–H and O–H groups in total. The lowest BCUT2D eigenvalue weighted by Crippen LogP contribution is -2.37. The molecule has 0 aliphatic carbocycles. The van der Waals surface area contributed by atoms with E-state index < -0.39 is 0 Å². The van der Waals surface area contributed by atoms with Crippen molar-refractivity contribution >= 4 is 0 Å². The minimum absolute atomic E-state index is 1.23. The molecule has 43 heavy (non-hydrogen) atoms. The van der Waals surface area contributed by atoms with Crippen LogP contribution >= 0.6 is 0 Å². The quantitative estimate of drug-likeness (QED) is 0.0540. The van der Waals surface area contributed by atoms with Crippen molar-refractivity contribution in [3.63, 3.8) is 0 Å². The number of rotatable bonds is 35. The van der Waals surface area contributed by atoms with Crippen molar-refractivity contribution in [2.75, 3.05) is 0 Å². The van der Waals surface area contributed by atoms with Gasteiger partial charge < -0.3 is 0 Å². The van der Waals surface area contributed by atoms with Crippen LogP contribution in [0.1, 0.15) is 232 Å². The van der Waals surface area contributed by atoms with E-state index in [0.717, 1.165) is 0 Å². The number of hydrogen-bond acceptors (Lipinski definition) is 0. The SMILES string of the molecule is CCCCCCCCCCCCCCCCCn1cc[n+](CCCCCCCCCCCCCCCCC)c1CCCC. The third-order valence-corrected chi connectivity index (χ3v) is 9.85. The Hall–Kier alpha value is -0.790. The lowest BCUT2D eigenvalue weighted by Gasteiger charge is -2.06. The van der Waals surface area contributed by atoms with E-state index in [9.17, 15) is 0 Å². The van der Waals surface area contributed by atoms with E-state index >= 15 is 0 Å². The Bertz CT molecular complexity index is 611. The molecule has 0 aliphatic rings. The molecule has 2 heteroatoms. The van der Waals surface area contributed by atoms with E-state index in [-0.39, 0.29) is 0 Å². The lowest BCUT2D eigenvalue weighted by molar-refractivity contribution is -0.704. The highest BCUT2D eigenvalue weighted by Gasteiger charge is 2.16. The highest BCUT2D eigenvalue weighted by atomic mass is 15.1. The zero-order valence-corrected chi connectivity index (χ0v) is 30.3. The van der Waals surface area contributed by atoms with Gasteiger partial charge >= 0.3 is 0 Å². The van der Waals surface area contributed by atoms with Crippen molar-refractivity contribution in [2.45, 2.75) is 246 Å². The highest BCUT2D eigenvalue weighted by Crippen LogP contribution is 2.15. The van der Waals surface area contributed by atoms with Crippen LogP contribution in [0.2, 0.25) is 0 Å². The van der Waals surface area contributed by atoms with Gasteiger partial charge in [0.05, 0.1) is 13.1 Å². The maximum Gasteiger partial charge on any atom is 0.256 e. The standard InChI is InChI=1S/C41H81N2/c1-4-7-10-12-14-16-18-20-22-24-26-28-30-32-34-37-42-39-40-43(41(42)36-9-6-3)38-35-33-31-29-27-25-23-21-19-17-15-13-11-8-5-2/h39-40H,4-38H2,1-3H3/q+1. The van der Waals surface area contributed by atoms with Crippen LogP contribution in [-0.4, -0.2) is 4.57 Å². The Morgan fingerprint density at radius 2 is 0.721 bits per heavy atom. The molecule has 254 valence electrons. The summed E-state index contributed by atoms with van der Waals surface area (Å²) in [5.74, 6) is 1.59. The third kappa shape index (κ3) is 25.1. The molecule has 0 fully saturated rings. The molecule has 1 aromatic rings. The van der Waals surface area contributed by atoms with Crippen molar-refractivity contribution < 1.29 is 4.57 Å². The minimum atomic E-state index is 1.23. The van der Waals surface area contributed by atoms with E-state index in [1.807, 2.05) is 0 Å². The van der Waals surface area contributed by atoms with Crippen molar-refractivity contribution in [2.24, 2.45) is 0 Å². The van der Waals surface area contributed by atoms with Gasteiger partial charge in [-0.15, -0.1) is 0 Å². The van der Waals surface area contributed by atoms with Crippen molar-refractivity contribution in [3.8, 4) is 0 Å². The molecule has 1 aromatic heterocycles. The second-order valence-electron chi connectivity index (χ2n) is 14.1. The molecule has 0 unspecified atom stereocenters. The Balaban J connectivity index is 2.03. The summed E-state index contributed by atoms with van der Waals surface area (Å²) in [4.78, 5) is 0. The first-order valence-electron chi connectivity index (χ1n) is 20.4. The second-order valence-corrected chi connectivity index (χ2v) is 14.1. The van der Waals surface area contributed by atoms with Gasteiger partial charge in [0.15, 0.2) is 0 Å². The summed E-state index contributed by atoms with van der Waals surface area (Å²) in [5, 5.41) is 0. The molecule has 0 aliphatic heterocycles. The predicted octanol–water partition coefficient (Wildman–Crippen LogP) is 13.9. The van der Waals surface area contributed by atoms with Gasteiger partial charge in [-0.05, 0) is 32.1 Å². The first-order chi connectivity index (χ1) is 21.3. The lowest BCUT2D eigenvalue weighted by atomic mass is 10.0. The Morgan fingerprint density at radius 1 is 0.395 bits per heavy atom. The summed E-state index contributed by atoms with van der Waals surface area (Å²) in [5.41, 5.74) is 0. The van der Waals surface area contributed by atoms with E-state index in [0.29, 0.717) is 0 Å². The zero-order valence-electron chi connectivity index (χ0n) is 30.3. The summed E-state index contributed by atoms with van der Waals surface area (Å²) >= 11 is 0. The molecule has 0 saturated heterocycles. The fourth-order valence-corrected chi connectivity index (χ4v) is 6.83. The minimum Gasteiger partial charge on any atom is -0.234 e. The first-order valence-corrected chi connectivity index (χ1v) is 20.4. The van der Waals surface area contributed by atoms with Crippen LogP contribution in [0, 0.1) is 0 Å². The van der Waals surface area contributed by atoms with Gasteiger partial charge in [-0.25, -0.2) is 9.13 Å². The molecule has 0 amide bonds. The molecule has 0 bridgehead atoms. The number of aryl methyl sites for hydroxylation is 2. The molecular weight excluding hydrogens is 520 g/mol. The molecule has 2 nitrogen and oxygen atoms in total. The number of hydrogen-bond donors (Lipinski definition) is 0. The molecule has 0 radical (unpaired) electrons. The van der Waals surface area contributed by atoms with Crippen LogP contribution in [0.25, 0.3) is 0 Å². The average Bonchev–Trinajstić information content (AvgIpc) is 3.40. The van der Waals surface area contributed by atoms with Gasteiger partial charge in [0.2, 0.25) is 0 Å². The van der Waals surface area contributed by atoms with Gasteiger partial charge in [-0.1, -0.05) is 194 Å².